The van der Waals surface area contributed by atoms with Crippen LogP contribution >= 0.6 is 0 Å². The number of hydrogen-bond donors (Lipinski definition) is 2. The molecule has 1 saturated heterocycles. The van der Waals surface area contributed by atoms with Gasteiger partial charge >= 0.3 is 6.03 Å². The number of urea groups is 1. The van der Waals surface area contributed by atoms with Crippen LogP contribution in [0.2, 0.25) is 0 Å². The first-order valence-electron chi connectivity index (χ1n) is 3.99. The average Bonchev–Trinajstić information content (AvgIpc) is 1.93. The van der Waals surface area contributed by atoms with E-state index in [0.717, 1.165) is 26.2 Å². The zero-order chi connectivity index (χ0) is 8.97. The van der Waals surface area contributed by atoms with Crippen LogP contribution in [0.15, 0.2) is 0 Å². The summed E-state index contributed by atoms with van der Waals surface area (Å²) < 4.78 is 4.91. The van der Waals surface area contributed by atoms with E-state index in [-0.39, 0.29) is 6.04 Å². The lowest BCUT2D eigenvalue weighted by Crippen LogP contribution is -2.60. The van der Waals surface area contributed by atoms with Crippen molar-refractivity contribution in [3.8, 4) is 0 Å². The summed E-state index contributed by atoms with van der Waals surface area (Å²) in [5.41, 5.74) is 4.96. The molecular weight excluding hydrogens is 158 g/mol. The van der Waals surface area contributed by atoms with Gasteiger partial charge in [-0.2, -0.15) is 0 Å². The molecule has 1 aliphatic rings. The summed E-state index contributed by atoms with van der Waals surface area (Å²) in [6, 6.07) is -0.203. The van der Waals surface area contributed by atoms with Crippen LogP contribution in [-0.2, 0) is 4.74 Å². The summed E-state index contributed by atoms with van der Waals surface area (Å²) in [7, 11) is 1.68. The van der Waals surface area contributed by atoms with Gasteiger partial charge in [0.25, 0.3) is 0 Å². The fourth-order valence-electron chi connectivity index (χ4n) is 1.27. The molecule has 5 nitrogen and oxygen atoms in total. The summed E-state index contributed by atoms with van der Waals surface area (Å²) in [4.78, 5) is 12.6. The Hall–Kier alpha value is -0.810. The van der Waals surface area contributed by atoms with Crippen LogP contribution in [0.3, 0.4) is 0 Å². The zero-order valence-corrected chi connectivity index (χ0v) is 7.25. The number of hydrogen-bond acceptors (Lipinski definition) is 3. The third-order valence-electron chi connectivity index (χ3n) is 1.92. The van der Waals surface area contributed by atoms with Gasteiger partial charge in [0.15, 0.2) is 0 Å². The number of carbonyl (C=O) groups excluding carboxylic acids is 1. The maximum atomic E-state index is 10.4. The topological polar surface area (TPSA) is 67.6 Å². The van der Waals surface area contributed by atoms with Gasteiger partial charge in [0.1, 0.15) is 0 Å². The molecular formula is C7H15N3O2. The van der Waals surface area contributed by atoms with Crippen LogP contribution < -0.4 is 11.1 Å². The molecule has 3 N–H and O–H groups in total. The van der Waals surface area contributed by atoms with Crippen LogP contribution in [0.25, 0.3) is 0 Å². The van der Waals surface area contributed by atoms with E-state index >= 15 is 0 Å². The number of amides is 2. The molecule has 0 aromatic rings. The van der Waals surface area contributed by atoms with Gasteiger partial charge < -0.3 is 15.8 Å². The highest BCUT2D eigenvalue weighted by molar-refractivity contribution is 5.72. The van der Waals surface area contributed by atoms with Gasteiger partial charge in [0.05, 0.1) is 12.6 Å². The lowest BCUT2D eigenvalue weighted by molar-refractivity contribution is 0.0865. The minimum atomic E-state index is -0.439. The van der Waals surface area contributed by atoms with Crippen molar-refractivity contribution in [3.63, 3.8) is 0 Å². The number of carbonyl (C=O) groups is 1. The molecule has 0 aromatic heterocycles. The smallest absolute Gasteiger partial charge is 0.312 e. The van der Waals surface area contributed by atoms with Crippen molar-refractivity contribution in [1.29, 1.82) is 0 Å². The molecule has 1 fully saturated rings. The highest BCUT2D eigenvalue weighted by atomic mass is 16.5. The summed E-state index contributed by atoms with van der Waals surface area (Å²) >= 11 is 0. The fourth-order valence-corrected chi connectivity index (χ4v) is 1.27. The number of ether oxygens (including phenoxy) is 1. The van der Waals surface area contributed by atoms with Gasteiger partial charge in [0.2, 0.25) is 0 Å². The third-order valence-corrected chi connectivity index (χ3v) is 1.92. The molecule has 0 bridgehead atoms. The summed E-state index contributed by atoms with van der Waals surface area (Å²) in [6.45, 7) is 3.43. The summed E-state index contributed by atoms with van der Waals surface area (Å²) in [5, 5.41) is 2.64. The van der Waals surface area contributed by atoms with E-state index in [1.54, 1.807) is 7.11 Å². The van der Waals surface area contributed by atoms with Crippen LogP contribution in [0.1, 0.15) is 0 Å². The number of nitrogens with two attached hydrogens (primary N) is 1. The lowest BCUT2D eigenvalue weighted by Gasteiger charge is -2.38. The third kappa shape index (κ3) is 2.67. The van der Waals surface area contributed by atoms with Gasteiger partial charge in [0, 0.05) is 26.7 Å². The molecule has 70 valence electrons. The number of likely N-dealkylation sites (tertiary alicyclic amines) is 1. The molecule has 0 spiro atoms. The highest BCUT2D eigenvalue weighted by Gasteiger charge is 2.26. The molecule has 0 aromatic carbocycles. The SMILES string of the molecule is COCCN1CC(NC(N)=O)C1. The van der Waals surface area contributed by atoms with E-state index in [0.29, 0.717) is 0 Å². The first-order chi connectivity index (χ1) is 5.72. The minimum Gasteiger partial charge on any atom is -0.383 e. The molecule has 0 unspecified atom stereocenters. The Labute approximate surface area is 71.8 Å². The predicted molar refractivity (Wildman–Crippen MR) is 44.8 cm³/mol. The van der Waals surface area contributed by atoms with Gasteiger partial charge in [-0.3, -0.25) is 4.90 Å². The Balaban J connectivity index is 2.00. The average molecular weight is 173 g/mol. The van der Waals surface area contributed by atoms with Gasteiger partial charge in [-0.05, 0) is 0 Å². The number of rotatable bonds is 4. The maximum Gasteiger partial charge on any atom is 0.312 e. The largest absolute Gasteiger partial charge is 0.383 e. The van der Waals surface area contributed by atoms with Crippen molar-refractivity contribution in [3.05, 3.63) is 0 Å². The Morgan fingerprint density at radius 3 is 2.92 bits per heavy atom. The normalized spacial score (nSPS) is 18.8. The van der Waals surface area contributed by atoms with Crippen molar-refractivity contribution in [2.75, 3.05) is 33.4 Å². The molecule has 5 heteroatoms. The van der Waals surface area contributed by atoms with E-state index < -0.39 is 6.03 Å². The second-order valence-electron chi connectivity index (χ2n) is 2.96. The van der Waals surface area contributed by atoms with Crippen LogP contribution in [0, 0.1) is 0 Å². The monoisotopic (exact) mass is 173 g/mol. The van der Waals surface area contributed by atoms with Crippen LogP contribution in [0.4, 0.5) is 4.79 Å². The molecule has 0 radical (unpaired) electrons. The molecule has 0 saturated carbocycles. The Morgan fingerprint density at radius 2 is 2.42 bits per heavy atom. The molecule has 2 amide bonds. The standard InChI is InChI=1S/C7H15N3O2/c1-12-3-2-10-4-6(5-10)9-7(8)11/h6H,2-5H2,1H3,(H3,8,9,11). The number of nitrogens with zero attached hydrogens (tertiary/aromatic N) is 1. The van der Waals surface area contributed by atoms with Crippen LogP contribution in [-0.4, -0.2) is 50.3 Å². The van der Waals surface area contributed by atoms with Crippen molar-refractivity contribution >= 4 is 6.03 Å². The number of primary amides is 1. The van der Waals surface area contributed by atoms with Crippen molar-refractivity contribution in [2.45, 2.75) is 6.04 Å². The summed E-state index contributed by atoms with van der Waals surface area (Å²) in [5.74, 6) is 0. The lowest BCUT2D eigenvalue weighted by atomic mass is 10.1. The van der Waals surface area contributed by atoms with Gasteiger partial charge in [-0.25, -0.2) is 4.79 Å². The van der Waals surface area contributed by atoms with Gasteiger partial charge in [-0.1, -0.05) is 0 Å². The molecule has 0 aliphatic carbocycles. The first kappa shape index (κ1) is 9.28. The van der Waals surface area contributed by atoms with Crippen LogP contribution in [0.5, 0.6) is 0 Å². The molecule has 1 heterocycles. The Kier molecular flexibility index (Phi) is 3.31. The Bertz CT molecular complexity index is 157. The van der Waals surface area contributed by atoms with E-state index in [1.807, 2.05) is 0 Å². The van der Waals surface area contributed by atoms with E-state index in [1.165, 1.54) is 0 Å². The first-order valence-corrected chi connectivity index (χ1v) is 3.99. The van der Waals surface area contributed by atoms with Crippen molar-refractivity contribution in [2.24, 2.45) is 5.73 Å². The van der Waals surface area contributed by atoms with Gasteiger partial charge in [-0.15, -0.1) is 0 Å². The summed E-state index contributed by atoms with van der Waals surface area (Å²) in [6.07, 6.45) is 0. The number of nitrogens with one attached hydrogen (secondary N) is 1. The van der Waals surface area contributed by atoms with Crippen molar-refractivity contribution < 1.29 is 9.53 Å². The fraction of sp³-hybridized carbons (Fsp3) is 0.857. The highest BCUT2D eigenvalue weighted by Crippen LogP contribution is 2.05. The minimum absolute atomic E-state index is 0.236. The Morgan fingerprint density at radius 1 is 1.75 bits per heavy atom. The second-order valence-corrected chi connectivity index (χ2v) is 2.96. The molecule has 1 aliphatic heterocycles. The molecule has 1 rings (SSSR count). The predicted octanol–water partition coefficient (Wildman–Crippen LogP) is -1.01. The van der Waals surface area contributed by atoms with E-state index in [9.17, 15) is 4.79 Å². The number of methoxy groups -OCH3 is 1. The molecule has 12 heavy (non-hydrogen) atoms. The molecule has 0 atom stereocenters. The quantitative estimate of drug-likeness (QED) is 0.572. The van der Waals surface area contributed by atoms with Crippen molar-refractivity contribution in [1.82, 2.24) is 10.2 Å². The van der Waals surface area contributed by atoms with E-state index in [4.69, 9.17) is 10.5 Å². The second kappa shape index (κ2) is 4.27. The maximum absolute atomic E-state index is 10.4. The van der Waals surface area contributed by atoms with E-state index in [2.05, 4.69) is 10.2 Å². The zero-order valence-electron chi connectivity index (χ0n) is 7.25.